The molecule has 2 aromatic rings. The number of hydrogen-bond acceptors (Lipinski definition) is 2. The zero-order chi connectivity index (χ0) is 14.5. The molecule has 0 heterocycles. The summed E-state index contributed by atoms with van der Waals surface area (Å²) in [5.74, 6) is -0.386. The highest BCUT2D eigenvalue weighted by Crippen LogP contribution is 2.21. The van der Waals surface area contributed by atoms with Crippen LogP contribution in [-0.2, 0) is 6.42 Å². The summed E-state index contributed by atoms with van der Waals surface area (Å²) in [4.78, 5) is 0. The third-order valence-corrected chi connectivity index (χ3v) is 3.27. The summed E-state index contributed by atoms with van der Waals surface area (Å²) in [6, 6.07) is 10.7. The van der Waals surface area contributed by atoms with E-state index in [9.17, 15) is 8.78 Å². The van der Waals surface area contributed by atoms with Gasteiger partial charge in [0, 0.05) is 17.7 Å². The number of halogens is 2. The van der Waals surface area contributed by atoms with Crippen molar-refractivity contribution in [3.63, 3.8) is 0 Å². The van der Waals surface area contributed by atoms with Gasteiger partial charge in [0.05, 0.1) is 7.11 Å². The van der Waals surface area contributed by atoms with Crippen molar-refractivity contribution in [2.45, 2.75) is 18.9 Å². The van der Waals surface area contributed by atoms with Gasteiger partial charge in [0.1, 0.15) is 17.4 Å². The molecule has 2 N–H and O–H groups in total. The van der Waals surface area contributed by atoms with Crippen molar-refractivity contribution in [3.05, 3.63) is 65.2 Å². The number of benzene rings is 2. The molecule has 0 radical (unpaired) electrons. The van der Waals surface area contributed by atoms with Gasteiger partial charge in [-0.2, -0.15) is 0 Å². The monoisotopic (exact) mass is 277 g/mol. The minimum atomic E-state index is -0.591. The Hall–Kier alpha value is -1.94. The fourth-order valence-electron chi connectivity index (χ4n) is 2.07. The van der Waals surface area contributed by atoms with E-state index < -0.39 is 17.7 Å². The topological polar surface area (TPSA) is 35.2 Å². The lowest BCUT2D eigenvalue weighted by atomic mass is 9.99. The van der Waals surface area contributed by atoms with Crippen molar-refractivity contribution in [3.8, 4) is 5.75 Å². The van der Waals surface area contributed by atoms with E-state index in [1.54, 1.807) is 7.11 Å². The van der Waals surface area contributed by atoms with E-state index in [4.69, 9.17) is 10.5 Å². The molecule has 0 aliphatic heterocycles. The first kappa shape index (κ1) is 14.5. The smallest absolute Gasteiger partial charge is 0.130 e. The van der Waals surface area contributed by atoms with Gasteiger partial charge in [0.25, 0.3) is 0 Å². The average molecular weight is 277 g/mol. The normalized spacial score (nSPS) is 12.2. The summed E-state index contributed by atoms with van der Waals surface area (Å²) >= 11 is 0. The van der Waals surface area contributed by atoms with Gasteiger partial charge in [-0.3, -0.25) is 0 Å². The Kier molecular flexibility index (Phi) is 4.69. The summed E-state index contributed by atoms with van der Waals surface area (Å²) in [5, 5.41) is 0. The van der Waals surface area contributed by atoms with Crippen LogP contribution in [0.15, 0.2) is 42.5 Å². The lowest BCUT2D eigenvalue weighted by Crippen LogP contribution is -2.13. The first-order valence-electron chi connectivity index (χ1n) is 6.43. The molecule has 2 aromatic carbocycles. The fourth-order valence-corrected chi connectivity index (χ4v) is 2.07. The molecule has 0 aliphatic carbocycles. The molecule has 0 saturated carbocycles. The maximum Gasteiger partial charge on any atom is 0.130 e. The average Bonchev–Trinajstić information content (AvgIpc) is 2.45. The Morgan fingerprint density at radius 3 is 2.40 bits per heavy atom. The molecule has 0 bridgehead atoms. The lowest BCUT2D eigenvalue weighted by Gasteiger charge is -2.13. The highest BCUT2D eigenvalue weighted by atomic mass is 19.1. The van der Waals surface area contributed by atoms with Gasteiger partial charge in [-0.1, -0.05) is 18.2 Å². The molecule has 0 aliphatic rings. The van der Waals surface area contributed by atoms with E-state index >= 15 is 0 Å². The molecule has 0 aromatic heterocycles. The van der Waals surface area contributed by atoms with Gasteiger partial charge in [0.15, 0.2) is 0 Å². The predicted octanol–water partition coefficient (Wildman–Crippen LogP) is 3.61. The van der Waals surface area contributed by atoms with Crippen LogP contribution in [0.2, 0.25) is 0 Å². The third kappa shape index (κ3) is 3.54. The van der Waals surface area contributed by atoms with E-state index in [1.165, 1.54) is 12.1 Å². The summed E-state index contributed by atoms with van der Waals surface area (Å²) < 4.78 is 31.5. The number of methoxy groups -OCH3 is 1. The van der Waals surface area contributed by atoms with Gasteiger partial charge in [0.2, 0.25) is 0 Å². The first-order chi connectivity index (χ1) is 9.60. The second-order valence-corrected chi connectivity index (χ2v) is 4.66. The van der Waals surface area contributed by atoms with E-state index in [0.29, 0.717) is 12.0 Å². The van der Waals surface area contributed by atoms with Crippen LogP contribution in [0, 0.1) is 11.6 Å². The summed E-state index contributed by atoms with van der Waals surface area (Å²) in [6.45, 7) is 0. The molecule has 20 heavy (non-hydrogen) atoms. The molecule has 0 saturated heterocycles. The van der Waals surface area contributed by atoms with Gasteiger partial charge < -0.3 is 10.5 Å². The Labute approximate surface area is 117 Å². The van der Waals surface area contributed by atoms with Crippen molar-refractivity contribution < 1.29 is 13.5 Å². The summed E-state index contributed by atoms with van der Waals surface area (Å²) in [5.41, 5.74) is 7.41. The third-order valence-electron chi connectivity index (χ3n) is 3.27. The minimum Gasteiger partial charge on any atom is -0.497 e. The highest BCUT2D eigenvalue weighted by Gasteiger charge is 2.12. The van der Waals surface area contributed by atoms with Gasteiger partial charge in [-0.05, 0) is 36.6 Å². The van der Waals surface area contributed by atoms with Crippen molar-refractivity contribution in [1.29, 1.82) is 0 Å². The molecule has 0 spiro atoms. The highest BCUT2D eigenvalue weighted by molar-refractivity contribution is 5.28. The van der Waals surface area contributed by atoms with Gasteiger partial charge in [-0.15, -0.1) is 0 Å². The van der Waals surface area contributed by atoms with Crippen LogP contribution in [0.1, 0.15) is 23.6 Å². The Morgan fingerprint density at radius 1 is 1.10 bits per heavy atom. The van der Waals surface area contributed by atoms with Gasteiger partial charge >= 0.3 is 0 Å². The molecular formula is C16H17F2NO. The number of ether oxygens (including phenoxy) is 1. The van der Waals surface area contributed by atoms with E-state index in [-0.39, 0.29) is 0 Å². The van der Waals surface area contributed by atoms with Crippen molar-refractivity contribution >= 4 is 0 Å². The molecule has 2 rings (SSSR count). The van der Waals surface area contributed by atoms with E-state index in [2.05, 4.69) is 0 Å². The maximum atomic E-state index is 13.6. The van der Waals surface area contributed by atoms with Crippen molar-refractivity contribution in [1.82, 2.24) is 0 Å². The maximum absolute atomic E-state index is 13.6. The van der Waals surface area contributed by atoms with Crippen LogP contribution in [0.3, 0.4) is 0 Å². The zero-order valence-corrected chi connectivity index (χ0v) is 11.3. The Bertz CT molecular complexity index is 569. The second-order valence-electron chi connectivity index (χ2n) is 4.66. The summed E-state index contributed by atoms with van der Waals surface area (Å²) in [6.07, 6.45) is 1.32. The van der Waals surface area contributed by atoms with Crippen molar-refractivity contribution in [2.24, 2.45) is 5.73 Å². The standard InChI is InChI=1S/C16H17F2NO/c1-20-13-6-2-11(3-7-13)4-9-16(19)14-8-5-12(17)10-15(14)18/h2-3,5-8,10,16H,4,9,19H2,1H3. The van der Waals surface area contributed by atoms with Crippen LogP contribution in [0.4, 0.5) is 8.78 Å². The van der Waals surface area contributed by atoms with Crippen molar-refractivity contribution in [2.75, 3.05) is 7.11 Å². The second kappa shape index (κ2) is 6.48. The predicted molar refractivity (Wildman–Crippen MR) is 74.6 cm³/mol. The molecule has 4 heteroatoms. The van der Waals surface area contributed by atoms with Crippen LogP contribution < -0.4 is 10.5 Å². The minimum absolute atomic E-state index is 0.347. The van der Waals surface area contributed by atoms with Crippen LogP contribution in [-0.4, -0.2) is 7.11 Å². The lowest BCUT2D eigenvalue weighted by molar-refractivity contribution is 0.414. The quantitative estimate of drug-likeness (QED) is 0.906. The van der Waals surface area contributed by atoms with Crippen LogP contribution in [0.5, 0.6) is 5.75 Å². The number of hydrogen-bond donors (Lipinski definition) is 1. The number of nitrogens with two attached hydrogens (primary N) is 1. The molecule has 2 nitrogen and oxygen atoms in total. The van der Waals surface area contributed by atoms with Crippen LogP contribution >= 0.6 is 0 Å². The van der Waals surface area contributed by atoms with E-state index in [0.717, 1.165) is 23.8 Å². The fraction of sp³-hybridized carbons (Fsp3) is 0.250. The van der Waals surface area contributed by atoms with Gasteiger partial charge in [-0.25, -0.2) is 8.78 Å². The largest absolute Gasteiger partial charge is 0.497 e. The Morgan fingerprint density at radius 2 is 1.80 bits per heavy atom. The SMILES string of the molecule is COc1ccc(CCC(N)c2ccc(F)cc2F)cc1. The first-order valence-corrected chi connectivity index (χ1v) is 6.43. The molecule has 106 valence electrons. The molecule has 0 fully saturated rings. The van der Waals surface area contributed by atoms with E-state index in [1.807, 2.05) is 24.3 Å². The molecule has 1 unspecified atom stereocenters. The molecular weight excluding hydrogens is 260 g/mol. The molecule has 1 atom stereocenters. The number of aryl methyl sites for hydroxylation is 1. The van der Waals surface area contributed by atoms with Crippen LogP contribution in [0.25, 0.3) is 0 Å². The Balaban J connectivity index is 1.98. The molecule has 0 amide bonds. The summed E-state index contributed by atoms with van der Waals surface area (Å²) in [7, 11) is 1.61. The zero-order valence-electron chi connectivity index (χ0n) is 11.3. The number of rotatable bonds is 5.